The molecule has 3 nitrogen and oxygen atoms in total. The molecule has 2 aliphatic rings. The summed E-state index contributed by atoms with van der Waals surface area (Å²) >= 11 is 0. The summed E-state index contributed by atoms with van der Waals surface area (Å²) in [6.45, 7) is 2.26. The van der Waals surface area contributed by atoms with Gasteiger partial charge in [0.2, 0.25) is 0 Å². The lowest BCUT2D eigenvalue weighted by Gasteiger charge is -2.31. The van der Waals surface area contributed by atoms with Gasteiger partial charge in [-0.25, -0.2) is 0 Å². The number of carbonyl (C=O) groups excluding carboxylic acids is 1. The van der Waals surface area contributed by atoms with Gasteiger partial charge in [0.25, 0.3) is 0 Å². The maximum Gasteiger partial charge on any atom is 0.309 e. The molecule has 3 rings (SSSR count). The number of hydrogen-bond donors (Lipinski definition) is 0. The fraction of sp³-hybridized carbons (Fsp3) is 0.600. The highest BCUT2D eigenvalue weighted by atomic mass is 16.5. The molecule has 0 N–H and O–H groups in total. The second-order valence-electron chi connectivity index (χ2n) is 9.95. The van der Waals surface area contributed by atoms with Crippen LogP contribution in [0.5, 0.6) is 0 Å². The number of unbranched alkanes of at least 4 members (excludes halogenated alkanes) is 3. The molecule has 33 heavy (non-hydrogen) atoms. The summed E-state index contributed by atoms with van der Waals surface area (Å²) in [6.07, 6.45) is 22.0. The van der Waals surface area contributed by atoms with Crippen molar-refractivity contribution in [2.24, 2.45) is 11.8 Å². The molecule has 0 radical (unpaired) electrons. The molecule has 178 valence electrons. The first-order valence-corrected chi connectivity index (χ1v) is 13.2. The summed E-state index contributed by atoms with van der Waals surface area (Å²) in [5.41, 5.74) is 2.89. The second kappa shape index (κ2) is 14.0. The number of nitrogens with zero attached hydrogens (tertiary/aromatic N) is 1. The Bertz CT molecular complexity index is 801. The van der Waals surface area contributed by atoms with Crippen LogP contribution >= 0.6 is 0 Å². The zero-order valence-electron chi connectivity index (χ0n) is 20.4. The number of benzene rings is 1. The molecule has 0 aliphatic heterocycles. The van der Waals surface area contributed by atoms with Gasteiger partial charge < -0.3 is 4.74 Å². The number of nitriles is 1. The van der Waals surface area contributed by atoms with Gasteiger partial charge in [0.05, 0.1) is 12.0 Å². The number of esters is 1. The quantitative estimate of drug-likeness (QED) is 0.159. The van der Waals surface area contributed by atoms with Gasteiger partial charge in [0, 0.05) is 6.08 Å². The third kappa shape index (κ3) is 8.50. The number of carbonyl (C=O) groups is 1. The molecule has 0 heterocycles. The highest BCUT2D eigenvalue weighted by Crippen LogP contribution is 2.37. The summed E-state index contributed by atoms with van der Waals surface area (Å²) in [5, 5.41) is 8.53. The van der Waals surface area contributed by atoms with Crippen LogP contribution in [0.25, 0.3) is 0 Å². The van der Waals surface area contributed by atoms with Gasteiger partial charge in [-0.2, -0.15) is 5.26 Å². The molecule has 2 saturated carbocycles. The van der Waals surface area contributed by atoms with Crippen molar-refractivity contribution in [2.45, 2.75) is 102 Å². The first-order chi connectivity index (χ1) is 16.2. The molecule has 0 unspecified atom stereocenters. The first-order valence-electron chi connectivity index (χ1n) is 13.2. The Balaban J connectivity index is 1.36. The van der Waals surface area contributed by atoms with Crippen LogP contribution in [0.2, 0.25) is 0 Å². The Morgan fingerprint density at radius 2 is 1.70 bits per heavy atom. The minimum Gasteiger partial charge on any atom is -0.462 e. The molecule has 0 saturated heterocycles. The van der Waals surface area contributed by atoms with E-state index in [-0.39, 0.29) is 18.0 Å². The van der Waals surface area contributed by atoms with Crippen LogP contribution in [-0.4, -0.2) is 12.1 Å². The van der Waals surface area contributed by atoms with Crippen molar-refractivity contribution in [1.82, 2.24) is 0 Å². The van der Waals surface area contributed by atoms with Crippen molar-refractivity contribution in [2.75, 3.05) is 0 Å². The fourth-order valence-corrected chi connectivity index (χ4v) is 5.35. The zero-order chi connectivity index (χ0) is 23.3. The van der Waals surface area contributed by atoms with E-state index in [1.165, 1.54) is 49.3 Å². The molecular formula is C30H41NO2. The Morgan fingerprint density at radius 3 is 2.36 bits per heavy atom. The smallest absolute Gasteiger partial charge is 0.309 e. The van der Waals surface area contributed by atoms with E-state index in [2.05, 4.69) is 37.3 Å². The van der Waals surface area contributed by atoms with Crippen molar-refractivity contribution >= 4 is 5.97 Å². The Morgan fingerprint density at radius 1 is 0.970 bits per heavy atom. The average molecular weight is 448 g/mol. The van der Waals surface area contributed by atoms with Gasteiger partial charge in [-0.05, 0) is 87.2 Å². The van der Waals surface area contributed by atoms with Crippen LogP contribution in [0.1, 0.15) is 101 Å². The van der Waals surface area contributed by atoms with Crippen LogP contribution in [0.4, 0.5) is 0 Å². The molecule has 0 amide bonds. The lowest BCUT2D eigenvalue weighted by molar-refractivity contribution is -0.157. The summed E-state index contributed by atoms with van der Waals surface area (Å²) in [7, 11) is 0. The van der Waals surface area contributed by atoms with Gasteiger partial charge in [0.1, 0.15) is 6.10 Å². The minimum atomic E-state index is 0.0341. The maximum atomic E-state index is 12.8. The third-order valence-corrected chi connectivity index (χ3v) is 7.50. The number of allylic oxidation sites excluding steroid dienone is 4. The largest absolute Gasteiger partial charge is 0.462 e. The average Bonchev–Trinajstić information content (AvgIpc) is 2.86. The van der Waals surface area contributed by atoms with Gasteiger partial charge in [-0.3, -0.25) is 4.79 Å². The van der Waals surface area contributed by atoms with Crippen molar-refractivity contribution in [3.05, 3.63) is 59.7 Å². The van der Waals surface area contributed by atoms with Crippen molar-refractivity contribution < 1.29 is 9.53 Å². The molecular weight excluding hydrogens is 406 g/mol. The molecule has 0 aromatic heterocycles. The molecule has 0 bridgehead atoms. The van der Waals surface area contributed by atoms with Crippen molar-refractivity contribution in [3.63, 3.8) is 0 Å². The number of aryl methyl sites for hydroxylation is 1. The van der Waals surface area contributed by atoms with E-state index < -0.39 is 0 Å². The lowest BCUT2D eigenvalue weighted by Crippen LogP contribution is -2.29. The Kier molecular flexibility index (Phi) is 10.8. The highest BCUT2D eigenvalue weighted by molar-refractivity contribution is 5.72. The monoisotopic (exact) mass is 447 g/mol. The van der Waals surface area contributed by atoms with Gasteiger partial charge in [0.15, 0.2) is 0 Å². The van der Waals surface area contributed by atoms with Crippen LogP contribution in [0.15, 0.2) is 48.6 Å². The van der Waals surface area contributed by atoms with Crippen LogP contribution in [0.3, 0.4) is 0 Å². The van der Waals surface area contributed by atoms with Crippen LogP contribution in [0, 0.1) is 23.2 Å². The standard InChI is InChI=1S/C30H41NO2/c1-2-3-4-6-9-24-11-15-26(16-12-24)27-17-19-28(20-18-27)30(32)33-29-21-13-25(14-22-29)10-7-5-8-23-31/h5,7-8,10-12,15-16,25,27-29H,2-4,6,9,13-14,17-22H2,1H3/b8-5?,10-7+/t25?,27-,28-,29?. The van der Waals surface area contributed by atoms with Gasteiger partial charge >= 0.3 is 5.97 Å². The SMILES string of the molecule is CCCCCCc1ccc([C@H]2CC[C@H](C(=O)OC3CCC(/C=C/C=CC#N)CC3)CC2)cc1. The molecule has 0 atom stereocenters. The van der Waals surface area contributed by atoms with E-state index in [4.69, 9.17) is 10.00 Å². The van der Waals surface area contributed by atoms with E-state index in [1.807, 2.05) is 12.1 Å². The zero-order valence-corrected chi connectivity index (χ0v) is 20.4. The molecule has 1 aromatic carbocycles. The second-order valence-corrected chi connectivity index (χ2v) is 9.95. The molecule has 2 aliphatic carbocycles. The topological polar surface area (TPSA) is 50.1 Å². The van der Waals surface area contributed by atoms with E-state index in [1.54, 1.807) is 6.08 Å². The molecule has 2 fully saturated rings. The number of ether oxygens (including phenoxy) is 1. The summed E-state index contributed by atoms with van der Waals surface area (Å²) in [6, 6.07) is 11.3. The highest BCUT2D eigenvalue weighted by Gasteiger charge is 2.30. The molecule has 0 spiro atoms. The number of rotatable bonds is 10. The van der Waals surface area contributed by atoms with E-state index in [0.717, 1.165) is 51.4 Å². The van der Waals surface area contributed by atoms with Crippen LogP contribution in [-0.2, 0) is 16.0 Å². The van der Waals surface area contributed by atoms with Gasteiger partial charge in [-0.1, -0.05) is 68.7 Å². The first kappa shape index (κ1) is 25.3. The van der Waals surface area contributed by atoms with Crippen LogP contribution < -0.4 is 0 Å². The van der Waals surface area contributed by atoms with Gasteiger partial charge in [-0.15, -0.1) is 0 Å². The van der Waals surface area contributed by atoms with E-state index >= 15 is 0 Å². The lowest BCUT2D eigenvalue weighted by atomic mass is 9.78. The molecule has 1 aromatic rings. The Hall–Kier alpha value is -2.34. The number of hydrogen-bond acceptors (Lipinski definition) is 3. The molecule has 3 heteroatoms. The summed E-state index contributed by atoms with van der Waals surface area (Å²) < 4.78 is 5.91. The van der Waals surface area contributed by atoms with E-state index in [0.29, 0.717) is 11.8 Å². The van der Waals surface area contributed by atoms with Crippen molar-refractivity contribution in [1.29, 1.82) is 5.26 Å². The van der Waals surface area contributed by atoms with E-state index in [9.17, 15) is 4.79 Å². The predicted molar refractivity (Wildman–Crippen MR) is 135 cm³/mol. The fourth-order valence-electron chi connectivity index (χ4n) is 5.35. The maximum absolute atomic E-state index is 12.8. The third-order valence-electron chi connectivity index (χ3n) is 7.50. The summed E-state index contributed by atoms with van der Waals surface area (Å²) in [5.74, 6) is 1.22. The predicted octanol–water partition coefficient (Wildman–Crippen LogP) is 7.82. The van der Waals surface area contributed by atoms with Crippen molar-refractivity contribution in [3.8, 4) is 6.07 Å². The normalized spacial score (nSPS) is 25.8. The Labute approximate surface area is 200 Å². The summed E-state index contributed by atoms with van der Waals surface area (Å²) in [4.78, 5) is 12.8. The minimum absolute atomic E-state index is 0.0341.